The fourth-order valence-corrected chi connectivity index (χ4v) is 3.05. The number of benzene rings is 2. The molecule has 0 bridgehead atoms. The summed E-state index contributed by atoms with van der Waals surface area (Å²) in [5.74, 6) is -3.98. The third kappa shape index (κ3) is 5.28. The molecular weight excluding hydrogens is 380 g/mol. The Balaban J connectivity index is 2.07. The minimum atomic E-state index is -3.83. The molecule has 0 saturated carbocycles. The van der Waals surface area contributed by atoms with Gasteiger partial charge in [0, 0.05) is 12.1 Å². The lowest BCUT2D eigenvalue weighted by Crippen LogP contribution is -2.24. The first kappa shape index (κ1) is 20.4. The Morgan fingerprint density at radius 2 is 1.81 bits per heavy atom. The van der Waals surface area contributed by atoms with Gasteiger partial charge in [-0.2, -0.15) is 0 Å². The number of carbonyl (C=O) groups excluding carboxylic acids is 2. The van der Waals surface area contributed by atoms with Gasteiger partial charge >= 0.3 is 5.97 Å². The average Bonchev–Trinajstić information content (AvgIpc) is 2.66. The van der Waals surface area contributed by atoms with Crippen molar-refractivity contribution in [3.05, 3.63) is 77.9 Å². The van der Waals surface area contributed by atoms with Crippen LogP contribution in [0.3, 0.4) is 0 Å². The normalized spacial score (nSPS) is 11.0. The van der Waals surface area contributed by atoms with E-state index >= 15 is 0 Å². The third-order valence-corrected chi connectivity index (χ3v) is 4.79. The molecule has 0 radical (unpaired) electrons. The van der Waals surface area contributed by atoms with E-state index in [0.29, 0.717) is 6.07 Å². The van der Waals surface area contributed by atoms with E-state index in [0.717, 1.165) is 18.2 Å². The van der Waals surface area contributed by atoms with E-state index in [1.165, 1.54) is 24.3 Å². The number of hydrogen-bond acceptors (Lipinski definition) is 5. The Hall–Kier alpha value is -2.91. The predicted molar refractivity (Wildman–Crippen MR) is 92.8 cm³/mol. The Bertz CT molecular complexity index is 989. The van der Waals surface area contributed by atoms with Crippen LogP contribution in [0, 0.1) is 11.6 Å². The number of nitrogens with one attached hydrogen (secondary N) is 1. The van der Waals surface area contributed by atoms with Crippen LogP contribution in [0.25, 0.3) is 0 Å². The van der Waals surface area contributed by atoms with Crippen LogP contribution in [0.1, 0.15) is 20.7 Å². The number of sulfonamides is 1. The van der Waals surface area contributed by atoms with Crippen molar-refractivity contribution in [2.24, 2.45) is 0 Å². The Morgan fingerprint density at radius 1 is 1.07 bits per heavy atom. The molecule has 0 heterocycles. The lowest BCUT2D eigenvalue weighted by molar-refractivity contribution is 0.0474. The molecule has 1 N–H and O–H groups in total. The van der Waals surface area contributed by atoms with Crippen molar-refractivity contribution in [1.82, 2.24) is 4.72 Å². The molecule has 27 heavy (non-hydrogen) atoms. The van der Waals surface area contributed by atoms with Crippen LogP contribution in [0.4, 0.5) is 8.78 Å². The summed E-state index contributed by atoms with van der Waals surface area (Å²) in [4.78, 5) is 23.8. The summed E-state index contributed by atoms with van der Waals surface area (Å²) >= 11 is 0. The standard InChI is InChI=1S/C18H15F2NO5S/c1-2-8-21-27(24,25)14-5-3-4-13(9-14)18(23)26-11-17(22)12-6-7-15(19)16(20)10-12/h2-7,9-10,21H,1,8,11H2. The van der Waals surface area contributed by atoms with E-state index in [1.54, 1.807) is 0 Å². The first-order valence-electron chi connectivity index (χ1n) is 7.60. The van der Waals surface area contributed by atoms with Crippen molar-refractivity contribution in [2.45, 2.75) is 4.90 Å². The minimum absolute atomic E-state index is 0.0136. The molecule has 0 aliphatic carbocycles. The summed E-state index contributed by atoms with van der Waals surface area (Å²) in [6.45, 7) is 2.70. The quantitative estimate of drug-likeness (QED) is 0.421. The van der Waals surface area contributed by atoms with Crippen LogP contribution >= 0.6 is 0 Å². The topological polar surface area (TPSA) is 89.5 Å². The van der Waals surface area contributed by atoms with Crippen LogP contribution in [0.2, 0.25) is 0 Å². The molecule has 2 aromatic rings. The van der Waals surface area contributed by atoms with E-state index in [-0.39, 0.29) is 22.6 Å². The Morgan fingerprint density at radius 3 is 2.48 bits per heavy atom. The number of ether oxygens (including phenoxy) is 1. The molecule has 0 aliphatic heterocycles. The summed E-state index contributed by atoms with van der Waals surface area (Å²) in [6, 6.07) is 7.59. The molecule has 0 fully saturated rings. The van der Waals surface area contributed by atoms with Gasteiger partial charge in [-0.25, -0.2) is 26.7 Å². The third-order valence-electron chi connectivity index (χ3n) is 3.37. The smallest absolute Gasteiger partial charge is 0.338 e. The predicted octanol–water partition coefficient (Wildman–Crippen LogP) is 2.47. The molecule has 2 rings (SSSR count). The van der Waals surface area contributed by atoms with E-state index in [4.69, 9.17) is 4.74 Å². The van der Waals surface area contributed by atoms with Gasteiger partial charge in [0.15, 0.2) is 24.0 Å². The molecule has 142 valence electrons. The Kier molecular flexibility index (Phi) is 6.54. The summed E-state index contributed by atoms with van der Waals surface area (Å²) in [5, 5.41) is 0. The Labute approximate surface area is 154 Å². The van der Waals surface area contributed by atoms with E-state index in [2.05, 4.69) is 11.3 Å². The lowest BCUT2D eigenvalue weighted by Gasteiger charge is -2.08. The number of esters is 1. The van der Waals surface area contributed by atoms with Crippen LogP contribution < -0.4 is 4.72 Å². The van der Waals surface area contributed by atoms with Gasteiger partial charge in [0.25, 0.3) is 0 Å². The molecule has 6 nitrogen and oxygen atoms in total. The van der Waals surface area contributed by atoms with Crippen LogP contribution in [-0.4, -0.2) is 33.3 Å². The van der Waals surface area contributed by atoms with E-state index in [1.807, 2.05) is 0 Å². The number of Topliss-reactive ketones (excluding diaryl/α,β-unsaturated/α-hetero) is 1. The van der Waals surface area contributed by atoms with Crippen molar-refractivity contribution in [3.8, 4) is 0 Å². The molecule has 0 aliphatic rings. The summed E-state index contributed by atoms with van der Waals surface area (Å²) < 4.78 is 57.2. The van der Waals surface area contributed by atoms with Crippen molar-refractivity contribution in [1.29, 1.82) is 0 Å². The zero-order chi connectivity index (χ0) is 20.0. The monoisotopic (exact) mass is 395 g/mol. The summed E-state index contributed by atoms with van der Waals surface area (Å²) in [5.41, 5.74) is -0.249. The number of carbonyl (C=O) groups is 2. The molecule has 0 saturated heterocycles. The zero-order valence-corrected chi connectivity index (χ0v) is 14.8. The fraction of sp³-hybridized carbons (Fsp3) is 0.111. The maximum Gasteiger partial charge on any atom is 0.338 e. The second-order valence-corrected chi connectivity index (χ2v) is 7.06. The summed E-state index contributed by atoms with van der Waals surface area (Å²) in [6.07, 6.45) is 1.36. The highest BCUT2D eigenvalue weighted by Gasteiger charge is 2.17. The van der Waals surface area contributed by atoms with Gasteiger partial charge in [-0.1, -0.05) is 12.1 Å². The fourth-order valence-electron chi connectivity index (χ4n) is 2.01. The van der Waals surface area contributed by atoms with Crippen LogP contribution in [0.15, 0.2) is 60.0 Å². The van der Waals surface area contributed by atoms with Crippen LogP contribution in [0.5, 0.6) is 0 Å². The SMILES string of the molecule is C=CCNS(=O)(=O)c1cccc(C(=O)OCC(=O)c2ccc(F)c(F)c2)c1. The molecule has 0 spiro atoms. The molecule has 0 atom stereocenters. The molecule has 9 heteroatoms. The molecule has 0 amide bonds. The van der Waals surface area contributed by atoms with Crippen molar-refractivity contribution >= 4 is 21.8 Å². The number of halogens is 2. The van der Waals surface area contributed by atoms with Crippen molar-refractivity contribution in [3.63, 3.8) is 0 Å². The summed E-state index contributed by atoms with van der Waals surface area (Å²) in [7, 11) is -3.83. The van der Waals surface area contributed by atoms with E-state index < -0.39 is 40.0 Å². The van der Waals surface area contributed by atoms with Gasteiger partial charge in [0.1, 0.15) is 0 Å². The highest BCUT2D eigenvalue weighted by molar-refractivity contribution is 7.89. The van der Waals surface area contributed by atoms with Crippen LogP contribution in [-0.2, 0) is 14.8 Å². The average molecular weight is 395 g/mol. The maximum atomic E-state index is 13.1. The van der Waals surface area contributed by atoms with Gasteiger partial charge in [0.2, 0.25) is 10.0 Å². The first-order valence-corrected chi connectivity index (χ1v) is 9.09. The second kappa shape index (κ2) is 8.65. The highest BCUT2D eigenvalue weighted by Crippen LogP contribution is 2.13. The van der Waals surface area contributed by atoms with Gasteiger partial charge in [-0.15, -0.1) is 6.58 Å². The van der Waals surface area contributed by atoms with Gasteiger partial charge in [0.05, 0.1) is 10.5 Å². The number of hydrogen-bond donors (Lipinski definition) is 1. The van der Waals surface area contributed by atoms with Gasteiger partial charge in [-0.3, -0.25) is 4.79 Å². The minimum Gasteiger partial charge on any atom is -0.454 e. The first-order chi connectivity index (χ1) is 12.7. The molecule has 0 aromatic heterocycles. The lowest BCUT2D eigenvalue weighted by atomic mass is 10.1. The van der Waals surface area contributed by atoms with Crippen molar-refractivity contribution < 1.29 is 31.5 Å². The van der Waals surface area contributed by atoms with E-state index in [9.17, 15) is 26.8 Å². The highest BCUT2D eigenvalue weighted by atomic mass is 32.2. The largest absolute Gasteiger partial charge is 0.454 e. The maximum absolute atomic E-state index is 13.1. The number of ketones is 1. The van der Waals surface area contributed by atoms with Gasteiger partial charge < -0.3 is 4.74 Å². The molecule has 0 unspecified atom stereocenters. The second-order valence-electron chi connectivity index (χ2n) is 5.30. The molecular formula is C18H15F2NO5S. The zero-order valence-electron chi connectivity index (χ0n) is 13.9. The number of rotatable bonds is 8. The molecule has 2 aromatic carbocycles. The van der Waals surface area contributed by atoms with Gasteiger partial charge in [-0.05, 0) is 36.4 Å². The van der Waals surface area contributed by atoms with Crippen molar-refractivity contribution in [2.75, 3.05) is 13.2 Å².